The number of rotatable bonds is 6. The first-order valence-corrected chi connectivity index (χ1v) is 11.2. The van der Waals surface area contributed by atoms with E-state index < -0.39 is 21.8 Å². The van der Waals surface area contributed by atoms with Gasteiger partial charge in [0, 0.05) is 24.3 Å². The lowest BCUT2D eigenvalue weighted by Gasteiger charge is -2.27. The number of sulfonamides is 1. The van der Waals surface area contributed by atoms with Crippen molar-refractivity contribution in [2.24, 2.45) is 5.73 Å². The molecule has 1 fully saturated rings. The number of benzene rings is 2. The quantitative estimate of drug-likeness (QED) is 0.698. The minimum absolute atomic E-state index is 0.0754. The van der Waals surface area contributed by atoms with E-state index in [9.17, 15) is 18.0 Å². The molecule has 0 aliphatic carbocycles. The Hall–Kier alpha value is -2.46. The van der Waals surface area contributed by atoms with Crippen molar-refractivity contribution in [3.63, 3.8) is 0 Å². The molecule has 0 saturated carbocycles. The highest BCUT2D eigenvalue weighted by Gasteiger charge is 2.29. The number of carbonyl (C=O) groups excluding carboxylic acids is 2. The zero-order valence-corrected chi connectivity index (χ0v) is 17.9. The molecular weight excluding hydrogens is 430 g/mol. The molecule has 2 amide bonds. The fraction of sp³-hybridized carbons (Fsp3) is 0.300. The SMILES string of the molecule is CCc1ccc(C(=O)Nc2ccc(Cl)c(C(N)=O)c2)cc1S(=O)(=O)N1CCOCC1. The topological polar surface area (TPSA) is 119 Å². The fourth-order valence-electron chi connectivity index (χ4n) is 3.15. The van der Waals surface area contributed by atoms with E-state index in [1.807, 2.05) is 6.92 Å². The van der Waals surface area contributed by atoms with Crippen LogP contribution in [0.4, 0.5) is 5.69 Å². The molecule has 2 aromatic rings. The molecule has 1 saturated heterocycles. The molecule has 0 bridgehead atoms. The summed E-state index contributed by atoms with van der Waals surface area (Å²) in [6.07, 6.45) is 0.500. The van der Waals surface area contributed by atoms with Gasteiger partial charge in [-0.2, -0.15) is 4.31 Å². The Kier molecular flexibility index (Phi) is 6.77. The molecule has 1 aliphatic rings. The number of anilines is 1. The largest absolute Gasteiger partial charge is 0.379 e. The molecular formula is C20H22ClN3O5S. The Morgan fingerprint density at radius 3 is 2.50 bits per heavy atom. The number of hydrogen-bond acceptors (Lipinski definition) is 5. The first kappa shape index (κ1) is 22.2. The van der Waals surface area contributed by atoms with Crippen LogP contribution in [0.1, 0.15) is 33.2 Å². The zero-order chi connectivity index (χ0) is 21.9. The van der Waals surface area contributed by atoms with Gasteiger partial charge in [-0.1, -0.05) is 24.6 Å². The van der Waals surface area contributed by atoms with E-state index in [4.69, 9.17) is 22.1 Å². The van der Waals surface area contributed by atoms with Crippen molar-refractivity contribution in [1.29, 1.82) is 0 Å². The van der Waals surface area contributed by atoms with Crippen molar-refractivity contribution in [2.45, 2.75) is 18.2 Å². The molecule has 2 aromatic carbocycles. The van der Waals surface area contributed by atoms with Crippen LogP contribution in [0.15, 0.2) is 41.3 Å². The molecule has 10 heteroatoms. The second-order valence-electron chi connectivity index (χ2n) is 6.71. The van der Waals surface area contributed by atoms with Gasteiger partial charge in [0.2, 0.25) is 15.9 Å². The third-order valence-corrected chi connectivity index (χ3v) is 7.10. The van der Waals surface area contributed by atoms with Crippen LogP contribution in [-0.4, -0.2) is 50.8 Å². The summed E-state index contributed by atoms with van der Waals surface area (Å²) in [6, 6.07) is 8.93. The molecule has 0 aromatic heterocycles. The van der Waals surface area contributed by atoms with Crippen LogP contribution >= 0.6 is 11.6 Å². The molecule has 0 spiro atoms. The Labute approximate surface area is 180 Å². The van der Waals surface area contributed by atoms with E-state index in [-0.39, 0.29) is 34.1 Å². The van der Waals surface area contributed by atoms with Crippen LogP contribution in [0.2, 0.25) is 5.02 Å². The van der Waals surface area contributed by atoms with E-state index >= 15 is 0 Å². The van der Waals surface area contributed by atoms with Gasteiger partial charge in [0.05, 0.1) is 28.7 Å². The molecule has 3 N–H and O–H groups in total. The van der Waals surface area contributed by atoms with Crippen molar-refractivity contribution in [1.82, 2.24) is 4.31 Å². The van der Waals surface area contributed by atoms with Gasteiger partial charge >= 0.3 is 0 Å². The maximum atomic E-state index is 13.1. The van der Waals surface area contributed by atoms with Crippen LogP contribution < -0.4 is 11.1 Å². The third-order valence-electron chi connectivity index (χ3n) is 4.79. The molecule has 0 unspecified atom stereocenters. The molecule has 3 rings (SSSR count). The van der Waals surface area contributed by atoms with Crippen LogP contribution in [0.25, 0.3) is 0 Å². The van der Waals surface area contributed by atoms with Crippen molar-refractivity contribution >= 4 is 39.1 Å². The Bertz CT molecular complexity index is 1080. The van der Waals surface area contributed by atoms with E-state index in [1.165, 1.54) is 28.6 Å². The molecule has 160 valence electrons. The summed E-state index contributed by atoms with van der Waals surface area (Å²) in [5.74, 6) is -1.24. The third kappa shape index (κ3) is 4.65. The maximum Gasteiger partial charge on any atom is 0.255 e. The van der Waals surface area contributed by atoms with E-state index in [0.717, 1.165) is 0 Å². The summed E-state index contributed by atoms with van der Waals surface area (Å²) < 4.78 is 32.9. The number of halogens is 1. The second-order valence-corrected chi connectivity index (χ2v) is 9.02. The lowest BCUT2D eigenvalue weighted by molar-refractivity contribution is 0.0730. The number of ether oxygens (including phenoxy) is 1. The van der Waals surface area contributed by atoms with Gasteiger partial charge in [0.1, 0.15) is 0 Å². The molecule has 1 aliphatic heterocycles. The molecule has 8 nitrogen and oxygen atoms in total. The monoisotopic (exact) mass is 451 g/mol. The van der Waals surface area contributed by atoms with E-state index in [2.05, 4.69) is 5.32 Å². The summed E-state index contributed by atoms with van der Waals surface area (Å²) in [6.45, 7) is 3.05. The van der Waals surface area contributed by atoms with Gasteiger partial charge in [-0.25, -0.2) is 8.42 Å². The van der Waals surface area contributed by atoms with Gasteiger partial charge in [-0.05, 0) is 42.3 Å². The number of nitrogens with two attached hydrogens (primary N) is 1. The summed E-state index contributed by atoms with van der Waals surface area (Å²) in [5.41, 5.74) is 6.47. The smallest absolute Gasteiger partial charge is 0.255 e. The van der Waals surface area contributed by atoms with Crippen molar-refractivity contribution in [3.8, 4) is 0 Å². The van der Waals surface area contributed by atoms with Crippen molar-refractivity contribution < 1.29 is 22.7 Å². The highest BCUT2D eigenvalue weighted by atomic mass is 35.5. The van der Waals surface area contributed by atoms with Crippen LogP contribution in [0.3, 0.4) is 0 Å². The highest BCUT2D eigenvalue weighted by molar-refractivity contribution is 7.89. The van der Waals surface area contributed by atoms with Gasteiger partial charge in [-0.3, -0.25) is 9.59 Å². The van der Waals surface area contributed by atoms with Gasteiger partial charge < -0.3 is 15.8 Å². The summed E-state index contributed by atoms with van der Waals surface area (Å²) in [5, 5.41) is 2.82. The van der Waals surface area contributed by atoms with E-state index in [0.29, 0.717) is 30.9 Å². The number of nitrogens with one attached hydrogen (secondary N) is 1. The lowest BCUT2D eigenvalue weighted by atomic mass is 10.1. The maximum absolute atomic E-state index is 13.1. The average molecular weight is 452 g/mol. The minimum atomic E-state index is -3.76. The number of nitrogens with zero attached hydrogens (tertiary/aromatic N) is 1. The number of aryl methyl sites for hydroxylation is 1. The Balaban J connectivity index is 1.92. The van der Waals surface area contributed by atoms with Gasteiger partial charge in [0.15, 0.2) is 0 Å². The van der Waals surface area contributed by atoms with Crippen LogP contribution in [0, 0.1) is 0 Å². The summed E-state index contributed by atoms with van der Waals surface area (Å²) >= 11 is 5.93. The zero-order valence-electron chi connectivity index (χ0n) is 16.4. The van der Waals surface area contributed by atoms with Crippen molar-refractivity contribution in [3.05, 3.63) is 58.1 Å². The van der Waals surface area contributed by atoms with E-state index in [1.54, 1.807) is 12.1 Å². The minimum Gasteiger partial charge on any atom is -0.379 e. The van der Waals surface area contributed by atoms with Gasteiger partial charge in [-0.15, -0.1) is 0 Å². The molecule has 1 heterocycles. The Morgan fingerprint density at radius 1 is 1.17 bits per heavy atom. The molecule has 30 heavy (non-hydrogen) atoms. The molecule has 0 atom stereocenters. The highest BCUT2D eigenvalue weighted by Crippen LogP contribution is 2.25. The second kappa shape index (κ2) is 9.13. The Morgan fingerprint density at radius 2 is 1.87 bits per heavy atom. The lowest BCUT2D eigenvalue weighted by Crippen LogP contribution is -2.41. The fourth-order valence-corrected chi connectivity index (χ4v) is 5.09. The first-order valence-electron chi connectivity index (χ1n) is 9.35. The average Bonchev–Trinajstić information content (AvgIpc) is 2.75. The van der Waals surface area contributed by atoms with Crippen LogP contribution in [-0.2, 0) is 21.2 Å². The van der Waals surface area contributed by atoms with Crippen molar-refractivity contribution in [2.75, 3.05) is 31.6 Å². The molecule has 0 radical (unpaired) electrons. The predicted molar refractivity (Wildman–Crippen MR) is 113 cm³/mol. The normalized spacial score (nSPS) is 15.0. The van der Waals surface area contributed by atoms with Gasteiger partial charge in [0.25, 0.3) is 5.91 Å². The number of primary amides is 1. The standard InChI is InChI=1S/C20H22ClN3O5S/c1-2-13-3-4-14(11-18(13)30(27,28)24-7-9-29-10-8-24)20(26)23-15-5-6-17(21)16(12-15)19(22)25/h3-6,11-12H,2,7-10H2,1H3,(H2,22,25)(H,23,26). The number of carbonyl (C=O) groups is 2. The first-order chi connectivity index (χ1) is 14.2. The summed E-state index contributed by atoms with van der Waals surface area (Å²) in [4.78, 5) is 24.3. The predicted octanol–water partition coefficient (Wildman–Crippen LogP) is 2.27. The number of amides is 2. The number of hydrogen-bond donors (Lipinski definition) is 2. The van der Waals surface area contributed by atoms with Crippen LogP contribution in [0.5, 0.6) is 0 Å². The summed E-state index contributed by atoms with van der Waals surface area (Å²) in [7, 11) is -3.76. The number of morpholine rings is 1.